The number of nitrogens with zero attached hydrogens (tertiary/aromatic N) is 2. The van der Waals surface area contributed by atoms with Crippen LogP contribution in [0.15, 0.2) is 30.5 Å². The average molecular weight is 305 g/mol. The molecule has 2 rings (SSSR count). The summed E-state index contributed by atoms with van der Waals surface area (Å²) in [5.41, 5.74) is 1.13. The lowest BCUT2D eigenvalue weighted by molar-refractivity contribution is -0.384. The smallest absolute Gasteiger partial charge is 0.311 e. The first-order valence-corrected chi connectivity index (χ1v) is 7.57. The van der Waals surface area contributed by atoms with Crippen LogP contribution < -0.4 is 5.32 Å². The highest BCUT2D eigenvalue weighted by molar-refractivity contribution is 5.95. The first kappa shape index (κ1) is 17.8. The van der Waals surface area contributed by atoms with Gasteiger partial charge in [0.2, 0.25) is 0 Å². The Kier molecular flexibility index (Phi) is 7.85. The van der Waals surface area contributed by atoms with Crippen molar-refractivity contribution in [2.75, 3.05) is 18.7 Å². The normalized spacial score (nSPS) is 9.95. The number of unbranched alkanes of at least 4 members (excludes halogenated alkanes) is 1. The zero-order valence-electron chi connectivity index (χ0n) is 13.3. The van der Waals surface area contributed by atoms with Crippen molar-refractivity contribution < 1.29 is 9.66 Å². The van der Waals surface area contributed by atoms with E-state index in [1.54, 1.807) is 0 Å². The van der Waals surface area contributed by atoms with Crippen LogP contribution in [0.5, 0.6) is 0 Å². The van der Waals surface area contributed by atoms with Crippen LogP contribution in [0.1, 0.15) is 33.6 Å². The van der Waals surface area contributed by atoms with Gasteiger partial charge in [-0.3, -0.25) is 10.1 Å². The maximum Gasteiger partial charge on any atom is 0.311 e. The van der Waals surface area contributed by atoms with Crippen molar-refractivity contribution >= 4 is 22.3 Å². The first-order valence-electron chi connectivity index (χ1n) is 7.57. The van der Waals surface area contributed by atoms with E-state index in [1.807, 2.05) is 38.1 Å². The molecule has 0 bridgehead atoms. The molecule has 6 heteroatoms. The topological polar surface area (TPSA) is 77.3 Å². The Bertz CT molecular complexity index is 602. The summed E-state index contributed by atoms with van der Waals surface area (Å²) in [5, 5.41) is 14.8. The van der Waals surface area contributed by atoms with E-state index in [9.17, 15) is 10.1 Å². The fourth-order valence-electron chi connectivity index (χ4n) is 1.90. The molecule has 1 aromatic carbocycles. The van der Waals surface area contributed by atoms with Crippen molar-refractivity contribution in [2.45, 2.75) is 33.6 Å². The van der Waals surface area contributed by atoms with Gasteiger partial charge in [0.25, 0.3) is 0 Å². The van der Waals surface area contributed by atoms with E-state index in [0.29, 0.717) is 17.8 Å². The maximum absolute atomic E-state index is 11.1. The molecule has 0 aliphatic heterocycles. The lowest BCUT2D eigenvalue weighted by Crippen LogP contribution is -2.09. The van der Waals surface area contributed by atoms with Gasteiger partial charge in [-0.1, -0.05) is 45.4 Å². The Morgan fingerprint density at radius 1 is 1.32 bits per heavy atom. The van der Waals surface area contributed by atoms with Crippen LogP contribution in [-0.4, -0.2) is 23.2 Å². The SMILES string of the molecule is CC.CCCCOCNc1c([N+](=O)[O-])cnc2ccccc12. The zero-order valence-corrected chi connectivity index (χ0v) is 13.3. The largest absolute Gasteiger partial charge is 0.361 e. The second kappa shape index (κ2) is 9.68. The lowest BCUT2D eigenvalue weighted by atomic mass is 10.1. The van der Waals surface area contributed by atoms with Gasteiger partial charge in [0.1, 0.15) is 18.6 Å². The minimum Gasteiger partial charge on any atom is -0.361 e. The maximum atomic E-state index is 11.1. The molecule has 0 aliphatic rings. The number of hydrogen-bond donors (Lipinski definition) is 1. The molecule has 0 aliphatic carbocycles. The van der Waals surface area contributed by atoms with Crippen LogP contribution in [0.2, 0.25) is 0 Å². The highest BCUT2D eigenvalue weighted by atomic mass is 16.6. The summed E-state index contributed by atoms with van der Waals surface area (Å²) in [7, 11) is 0. The van der Waals surface area contributed by atoms with E-state index in [4.69, 9.17) is 4.74 Å². The van der Waals surface area contributed by atoms with Crippen LogP contribution in [0, 0.1) is 10.1 Å². The van der Waals surface area contributed by atoms with Gasteiger partial charge in [0.15, 0.2) is 0 Å². The van der Waals surface area contributed by atoms with Gasteiger partial charge >= 0.3 is 5.69 Å². The van der Waals surface area contributed by atoms with Crippen LogP contribution in [-0.2, 0) is 4.74 Å². The Morgan fingerprint density at radius 3 is 2.73 bits per heavy atom. The number of rotatable bonds is 7. The highest BCUT2D eigenvalue weighted by Gasteiger charge is 2.17. The van der Waals surface area contributed by atoms with Crippen molar-refractivity contribution in [1.82, 2.24) is 4.98 Å². The number of para-hydroxylation sites is 1. The number of benzene rings is 1. The molecule has 1 N–H and O–H groups in total. The molecular formula is C16H23N3O3. The number of aromatic nitrogens is 1. The Balaban J connectivity index is 0.00000116. The minimum atomic E-state index is -0.437. The van der Waals surface area contributed by atoms with E-state index < -0.39 is 4.92 Å². The van der Waals surface area contributed by atoms with Crippen molar-refractivity contribution in [3.05, 3.63) is 40.6 Å². The molecule has 0 amide bonds. The minimum absolute atomic E-state index is 0.0391. The fraction of sp³-hybridized carbons (Fsp3) is 0.438. The molecule has 0 spiro atoms. The Hall–Kier alpha value is -2.21. The van der Waals surface area contributed by atoms with Gasteiger partial charge in [-0.25, -0.2) is 4.98 Å². The van der Waals surface area contributed by atoms with Crippen molar-refractivity contribution in [2.24, 2.45) is 0 Å². The second-order valence-corrected chi connectivity index (χ2v) is 4.38. The quantitative estimate of drug-likeness (QED) is 0.356. The van der Waals surface area contributed by atoms with Crippen LogP contribution in [0.4, 0.5) is 11.4 Å². The van der Waals surface area contributed by atoms with Gasteiger partial charge in [0.05, 0.1) is 10.4 Å². The van der Waals surface area contributed by atoms with E-state index in [2.05, 4.69) is 17.2 Å². The standard InChI is InChI=1S/C14H17N3O3.C2H6/c1-2-3-8-20-10-16-14-11-6-4-5-7-12(11)15-9-13(14)17(18)19;1-2/h4-7,9H,2-3,8,10H2,1H3,(H,15,16);1-2H3. The molecule has 0 atom stereocenters. The van der Waals surface area contributed by atoms with Gasteiger partial charge in [-0.2, -0.15) is 0 Å². The third kappa shape index (κ3) is 4.66. The molecule has 120 valence electrons. The molecule has 6 nitrogen and oxygen atoms in total. The number of pyridine rings is 1. The molecule has 0 saturated carbocycles. The third-order valence-electron chi connectivity index (χ3n) is 2.95. The van der Waals surface area contributed by atoms with E-state index in [0.717, 1.165) is 18.2 Å². The van der Waals surface area contributed by atoms with Crippen LogP contribution in [0.3, 0.4) is 0 Å². The summed E-state index contributed by atoms with van der Waals surface area (Å²) >= 11 is 0. The molecule has 1 aromatic heterocycles. The fourth-order valence-corrected chi connectivity index (χ4v) is 1.90. The number of ether oxygens (including phenoxy) is 1. The molecule has 1 heterocycles. The summed E-state index contributed by atoms with van der Waals surface area (Å²) in [4.78, 5) is 14.7. The number of fused-ring (bicyclic) bond motifs is 1. The lowest BCUT2D eigenvalue weighted by Gasteiger charge is -2.10. The van der Waals surface area contributed by atoms with Gasteiger partial charge < -0.3 is 10.1 Å². The van der Waals surface area contributed by atoms with Gasteiger partial charge in [-0.15, -0.1) is 0 Å². The molecule has 2 aromatic rings. The molecule has 22 heavy (non-hydrogen) atoms. The third-order valence-corrected chi connectivity index (χ3v) is 2.95. The molecule has 0 saturated heterocycles. The average Bonchev–Trinajstić information content (AvgIpc) is 2.56. The van der Waals surface area contributed by atoms with Crippen molar-refractivity contribution in [1.29, 1.82) is 0 Å². The Labute approximate surface area is 130 Å². The molecule has 0 fully saturated rings. The van der Waals surface area contributed by atoms with E-state index >= 15 is 0 Å². The summed E-state index contributed by atoms with van der Waals surface area (Å²) in [6.45, 7) is 6.97. The van der Waals surface area contributed by atoms with E-state index in [-0.39, 0.29) is 12.4 Å². The van der Waals surface area contributed by atoms with Gasteiger partial charge in [-0.05, 0) is 12.5 Å². The number of hydrogen-bond acceptors (Lipinski definition) is 5. The van der Waals surface area contributed by atoms with Crippen LogP contribution >= 0.6 is 0 Å². The highest BCUT2D eigenvalue weighted by Crippen LogP contribution is 2.31. The predicted molar refractivity (Wildman–Crippen MR) is 89.1 cm³/mol. The molecular weight excluding hydrogens is 282 g/mol. The summed E-state index contributed by atoms with van der Waals surface area (Å²) in [5.74, 6) is 0. The monoisotopic (exact) mass is 305 g/mol. The number of nitro groups is 1. The zero-order chi connectivity index (χ0) is 16.4. The summed E-state index contributed by atoms with van der Waals surface area (Å²) < 4.78 is 5.41. The molecule has 0 radical (unpaired) electrons. The second-order valence-electron chi connectivity index (χ2n) is 4.38. The Morgan fingerprint density at radius 2 is 2.05 bits per heavy atom. The van der Waals surface area contributed by atoms with Crippen molar-refractivity contribution in [3.63, 3.8) is 0 Å². The number of anilines is 1. The van der Waals surface area contributed by atoms with Crippen molar-refractivity contribution in [3.8, 4) is 0 Å². The predicted octanol–water partition coefficient (Wildman–Crippen LogP) is 4.36. The first-order chi connectivity index (χ1) is 10.7. The summed E-state index contributed by atoms with van der Waals surface area (Å²) in [6, 6.07) is 7.31. The van der Waals surface area contributed by atoms with Crippen LogP contribution in [0.25, 0.3) is 10.9 Å². The van der Waals surface area contributed by atoms with Gasteiger partial charge in [0, 0.05) is 12.0 Å². The molecule has 0 unspecified atom stereocenters. The summed E-state index contributed by atoms with van der Waals surface area (Å²) in [6.07, 6.45) is 3.30. The van der Waals surface area contributed by atoms with E-state index in [1.165, 1.54) is 6.20 Å². The number of nitrogens with one attached hydrogen (secondary N) is 1.